The molecule has 106 valence electrons. The highest BCUT2D eigenvalue weighted by Crippen LogP contribution is 2.42. The first-order valence-electron chi connectivity index (χ1n) is 7.67. The zero-order valence-corrected chi connectivity index (χ0v) is 11.9. The van der Waals surface area contributed by atoms with E-state index in [0.717, 1.165) is 49.9 Å². The molecule has 1 fully saturated rings. The van der Waals surface area contributed by atoms with Gasteiger partial charge in [-0.15, -0.1) is 0 Å². The maximum atomic E-state index is 11.6. The minimum Gasteiger partial charge on any atom is -0.380 e. The van der Waals surface area contributed by atoms with Crippen molar-refractivity contribution in [1.82, 2.24) is 5.32 Å². The minimum atomic E-state index is -0.833. The molecule has 0 aromatic heterocycles. The summed E-state index contributed by atoms with van der Waals surface area (Å²) in [4.78, 5) is 0. The topological polar surface area (TPSA) is 32.3 Å². The van der Waals surface area contributed by atoms with Crippen LogP contribution in [-0.4, -0.2) is 18.2 Å². The van der Waals surface area contributed by atoms with E-state index in [2.05, 4.69) is 35.7 Å². The summed E-state index contributed by atoms with van der Waals surface area (Å²) >= 11 is 0. The molecule has 0 spiro atoms. The number of aliphatic hydroxyl groups is 1. The van der Waals surface area contributed by atoms with Crippen molar-refractivity contribution in [3.8, 4) is 0 Å². The third-order valence-corrected chi connectivity index (χ3v) is 4.58. The lowest BCUT2D eigenvalue weighted by molar-refractivity contribution is 0.00120. The smallest absolute Gasteiger partial charge is 0.117 e. The number of hydrogen-bond acceptors (Lipinski definition) is 2. The van der Waals surface area contributed by atoms with Crippen LogP contribution in [0.4, 0.5) is 0 Å². The van der Waals surface area contributed by atoms with E-state index in [1.165, 1.54) is 0 Å². The Morgan fingerprint density at radius 3 is 2.45 bits per heavy atom. The van der Waals surface area contributed by atoms with Crippen LogP contribution < -0.4 is 5.32 Å². The molecule has 1 unspecified atom stereocenters. The van der Waals surface area contributed by atoms with E-state index in [0.29, 0.717) is 5.92 Å². The highest BCUT2D eigenvalue weighted by Gasteiger charge is 2.41. The van der Waals surface area contributed by atoms with Crippen molar-refractivity contribution in [2.24, 2.45) is 5.92 Å². The molecule has 0 bridgehead atoms. The van der Waals surface area contributed by atoms with Crippen LogP contribution in [0.15, 0.2) is 54.1 Å². The predicted octanol–water partition coefficient (Wildman–Crippen LogP) is 3.15. The van der Waals surface area contributed by atoms with Crippen LogP contribution in [-0.2, 0) is 5.60 Å². The minimum absolute atomic E-state index is 0.292. The summed E-state index contributed by atoms with van der Waals surface area (Å²) < 4.78 is 0. The van der Waals surface area contributed by atoms with Crippen LogP contribution in [0.5, 0.6) is 0 Å². The van der Waals surface area contributed by atoms with E-state index in [9.17, 15) is 5.11 Å². The Morgan fingerprint density at radius 2 is 1.80 bits per heavy atom. The number of hydrogen-bond donors (Lipinski definition) is 2. The van der Waals surface area contributed by atoms with Crippen molar-refractivity contribution in [3.63, 3.8) is 0 Å². The van der Waals surface area contributed by atoms with E-state index < -0.39 is 5.60 Å². The molecule has 1 aromatic carbocycles. The van der Waals surface area contributed by atoms with Crippen molar-refractivity contribution in [3.05, 3.63) is 59.7 Å². The summed E-state index contributed by atoms with van der Waals surface area (Å²) in [6.07, 6.45) is 10.7. The molecule has 1 atom stereocenters. The average Bonchev–Trinajstić information content (AvgIpc) is 2.56. The van der Waals surface area contributed by atoms with Crippen molar-refractivity contribution in [2.75, 3.05) is 13.1 Å². The van der Waals surface area contributed by atoms with Crippen molar-refractivity contribution >= 4 is 0 Å². The normalized spacial score (nSPS) is 23.1. The molecule has 2 aliphatic rings. The van der Waals surface area contributed by atoms with Gasteiger partial charge in [-0.25, -0.2) is 0 Å². The SMILES string of the molecule is OC(C1=CCCC=C1)(c1ccccc1)C1CCNCC1. The Balaban J connectivity index is 2.02. The van der Waals surface area contributed by atoms with Gasteiger partial charge in [0.15, 0.2) is 0 Å². The number of nitrogens with one attached hydrogen (secondary N) is 1. The van der Waals surface area contributed by atoms with E-state index in [1.807, 2.05) is 18.2 Å². The highest BCUT2D eigenvalue weighted by molar-refractivity contribution is 5.41. The van der Waals surface area contributed by atoms with Gasteiger partial charge in [-0.2, -0.15) is 0 Å². The van der Waals surface area contributed by atoms with Crippen LogP contribution in [0.2, 0.25) is 0 Å². The molecule has 3 rings (SSSR count). The predicted molar refractivity (Wildman–Crippen MR) is 82.4 cm³/mol. The van der Waals surface area contributed by atoms with Crippen LogP contribution in [0.25, 0.3) is 0 Å². The second kappa shape index (κ2) is 5.94. The molecule has 1 aliphatic heterocycles. The van der Waals surface area contributed by atoms with E-state index >= 15 is 0 Å². The fourth-order valence-corrected chi connectivity index (χ4v) is 3.47. The lowest BCUT2D eigenvalue weighted by atomic mass is 9.71. The van der Waals surface area contributed by atoms with Gasteiger partial charge in [-0.05, 0) is 55.8 Å². The van der Waals surface area contributed by atoms with Gasteiger partial charge in [0.05, 0.1) is 0 Å². The quantitative estimate of drug-likeness (QED) is 0.883. The van der Waals surface area contributed by atoms with E-state index in [-0.39, 0.29) is 0 Å². The first-order valence-corrected chi connectivity index (χ1v) is 7.67. The van der Waals surface area contributed by atoms with Crippen molar-refractivity contribution < 1.29 is 5.11 Å². The fraction of sp³-hybridized carbons (Fsp3) is 0.444. The number of allylic oxidation sites excluding steroid dienone is 2. The van der Waals surface area contributed by atoms with Crippen LogP contribution >= 0.6 is 0 Å². The Kier molecular flexibility index (Phi) is 4.04. The maximum absolute atomic E-state index is 11.6. The van der Waals surface area contributed by atoms with Crippen LogP contribution in [0.1, 0.15) is 31.2 Å². The Labute approximate surface area is 121 Å². The molecule has 0 radical (unpaired) electrons. The molecule has 1 saturated heterocycles. The van der Waals surface area contributed by atoms with E-state index in [1.54, 1.807) is 0 Å². The molecule has 1 aromatic rings. The fourth-order valence-electron chi connectivity index (χ4n) is 3.47. The van der Waals surface area contributed by atoms with Gasteiger partial charge in [-0.1, -0.05) is 48.6 Å². The van der Waals surface area contributed by atoms with Crippen LogP contribution in [0.3, 0.4) is 0 Å². The van der Waals surface area contributed by atoms with Gasteiger partial charge in [0.25, 0.3) is 0 Å². The summed E-state index contributed by atoms with van der Waals surface area (Å²) in [6.45, 7) is 1.99. The highest BCUT2D eigenvalue weighted by atomic mass is 16.3. The van der Waals surface area contributed by atoms with Gasteiger partial charge >= 0.3 is 0 Å². The summed E-state index contributed by atoms with van der Waals surface area (Å²) in [6, 6.07) is 10.2. The molecule has 2 heteroatoms. The summed E-state index contributed by atoms with van der Waals surface area (Å²) in [5.41, 5.74) is 1.28. The molecule has 1 aliphatic carbocycles. The van der Waals surface area contributed by atoms with E-state index in [4.69, 9.17) is 0 Å². The number of rotatable bonds is 3. The standard InChI is InChI=1S/C18H23NO/c20-18(15-7-3-1-4-8-15,16-9-5-2-6-10-16)17-11-13-19-14-12-17/h1,3-5,7-10,17,19-20H,2,6,11-14H2. The molecule has 2 nitrogen and oxygen atoms in total. The zero-order valence-electron chi connectivity index (χ0n) is 11.9. The molecule has 0 amide bonds. The van der Waals surface area contributed by atoms with Gasteiger partial charge in [-0.3, -0.25) is 0 Å². The lowest BCUT2D eigenvalue weighted by Gasteiger charge is -2.41. The largest absolute Gasteiger partial charge is 0.380 e. The Morgan fingerprint density at radius 1 is 1.05 bits per heavy atom. The van der Waals surface area contributed by atoms with Crippen LogP contribution in [0, 0.1) is 5.92 Å². The molecule has 2 N–H and O–H groups in total. The summed E-state index contributed by atoms with van der Waals surface area (Å²) in [7, 11) is 0. The van der Waals surface area contributed by atoms with Crippen molar-refractivity contribution in [1.29, 1.82) is 0 Å². The number of piperidine rings is 1. The molecule has 0 saturated carbocycles. The molecule has 20 heavy (non-hydrogen) atoms. The molecule has 1 heterocycles. The number of benzene rings is 1. The first-order chi connectivity index (χ1) is 9.82. The average molecular weight is 269 g/mol. The molecular formula is C18H23NO. The van der Waals surface area contributed by atoms with Gasteiger partial charge in [0.1, 0.15) is 5.60 Å². The summed E-state index contributed by atoms with van der Waals surface area (Å²) in [5, 5.41) is 15.0. The van der Waals surface area contributed by atoms with Crippen molar-refractivity contribution in [2.45, 2.75) is 31.3 Å². The third kappa shape index (κ3) is 2.46. The summed E-state index contributed by atoms with van der Waals surface area (Å²) in [5.74, 6) is 0.292. The molecular weight excluding hydrogens is 246 g/mol. The maximum Gasteiger partial charge on any atom is 0.117 e. The monoisotopic (exact) mass is 269 g/mol. The second-order valence-electron chi connectivity index (χ2n) is 5.80. The Hall–Kier alpha value is -1.38. The van der Waals surface area contributed by atoms with Gasteiger partial charge < -0.3 is 10.4 Å². The van der Waals surface area contributed by atoms with Gasteiger partial charge in [0.2, 0.25) is 0 Å². The third-order valence-electron chi connectivity index (χ3n) is 4.58. The zero-order chi connectivity index (χ0) is 13.8. The van der Waals surface area contributed by atoms with Gasteiger partial charge in [0, 0.05) is 0 Å². The lowest BCUT2D eigenvalue weighted by Crippen LogP contribution is -2.43. The first kappa shape index (κ1) is 13.6. The Bertz CT molecular complexity index is 499. The second-order valence-corrected chi connectivity index (χ2v) is 5.80.